The third-order valence-corrected chi connectivity index (χ3v) is 10.7. The summed E-state index contributed by atoms with van der Waals surface area (Å²) in [6, 6.07) is -1.55. The van der Waals surface area contributed by atoms with E-state index >= 15 is 8.78 Å². The standard InChI is InChI=1S/C28H31F3O6S/c1-15-12-25(3)20-11-18(30)17-10-16(32)7-8-24(17,2)27(20,31)21(33)13-26(25,4)28(15,23(35)38-14-29)37-22(34)19-6-5-9-36-19/h5-10,15,18,20-21,33H,11-14H2,1-4H3/t15-,18+,20+,21+,24+,25+,26+,27+,28+/m1/s1/i5D,6D,9D,14D2. The van der Waals surface area contributed by atoms with E-state index in [0.29, 0.717) is 0 Å². The number of furan rings is 1. The topological polar surface area (TPSA) is 93.8 Å². The van der Waals surface area contributed by atoms with Crippen molar-refractivity contribution in [1.29, 1.82) is 0 Å². The van der Waals surface area contributed by atoms with Crippen LogP contribution in [0.1, 0.15) is 64.4 Å². The number of hydrogen-bond acceptors (Lipinski definition) is 7. The highest BCUT2D eigenvalue weighted by molar-refractivity contribution is 8.13. The summed E-state index contributed by atoms with van der Waals surface area (Å²) in [4.78, 5) is 39.6. The van der Waals surface area contributed by atoms with Crippen LogP contribution in [0.3, 0.4) is 0 Å². The van der Waals surface area contributed by atoms with Crippen molar-refractivity contribution >= 4 is 28.6 Å². The molecule has 0 amide bonds. The van der Waals surface area contributed by atoms with Crippen LogP contribution in [0.25, 0.3) is 0 Å². The summed E-state index contributed by atoms with van der Waals surface area (Å²) in [6.07, 6.45) is -2.35. The van der Waals surface area contributed by atoms with Crippen LogP contribution in [0, 0.1) is 28.1 Å². The number of carbonyl (C=O) groups is 3. The van der Waals surface area contributed by atoms with Gasteiger partial charge in [0.25, 0.3) is 0 Å². The number of halogens is 3. The first kappa shape index (κ1) is 21.5. The van der Waals surface area contributed by atoms with Gasteiger partial charge in [0.05, 0.1) is 17.8 Å². The average Bonchev–Trinajstić information content (AvgIpc) is 3.24. The Labute approximate surface area is 230 Å². The van der Waals surface area contributed by atoms with Gasteiger partial charge >= 0.3 is 5.97 Å². The van der Waals surface area contributed by atoms with Crippen molar-refractivity contribution in [2.45, 2.75) is 70.5 Å². The molecule has 3 fully saturated rings. The van der Waals surface area contributed by atoms with Gasteiger partial charge in [-0.3, -0.25) is 9.59 Å². The van der Waals surface area contributed by atoms with E-state index in [1.54, 1.807) is 6.92 Å². The van der Waals surface area contributed by atoms with Crippen LogP contribution in [0.5, 0.6) is 0 Å². The number of alkyl halides is 3. The summed E-state index contributed by atoms with van der Waals surface area (Å²) in [5.41, 5.74) is -10.1. The first-order valence-corrected chi connectivity index (χ1v) is 13.1. The number of hydrogen-bond donors (Lipinski definition) is 1. The molecule has 0 aromatic carbocycles. The van der Waals surface area contributed by atoms with Crippen LogP contribution in [0.4, 0.5) is 13.2 Å². The van der Waals surface area contributed by atoms with Gasteiger partial charge in [0.2, 0.25) is 10.9 Å². The average molecular weight is 558 g/mol. The van der Waals surface area contributed by atoms with Crippen LogP contribution >= 0.6 is 11.8 Å². The fourth-order valence-electron chi connectivity index (χ4n) is 8.31. The Morgan fingerprint density at radius 3 is 2.68 bits per heavy atom. The minimum Gasteiger partial charge on any atom is -0.457 e. The van der Waals surface area contributed by atoms with Gasteiger partial charge in [-0.15, -0.1) is 0 Å². The fraction of sp³-hybridized carbons (Fsp3) is 0.607. The molecular formula is C28H31F3O6S. The van der Waals surface area contributed by atoms with Gasteiger partial charge in [-0.2, -0.15) is 0 Å². The number of esters is 1. The second-order valence-electron chi connectivity index (χ2n) is 11.5. The maximum Gasteiger partial charge on any atom is 0.375 e. The van der Waals surface area contributed by atoms with Crippen molar-refractivity contribution in [2.75, 3.05) is 5.96 Å². The molecule has 4 aliphatic carbocycles. The number of allylic oxidation sites excluding steroid dienone is 4. The highest BCUT2D eigenvalue weighted by atomic mass is 32.2. The molecule has 1 aromatic heterocycles. The van der Waals surface area contributed by atoms with Crippen molar-refractivity contribution in [3.63, 3.8) is 0 Å². The van der Waals surface area contributed by atoms with E-state index in [1.165, 1.54) is 26.8 Å². The Kier molecular flexibility index (Phi) is 4.85. The molecule has 10 heteroatoms. The minimum atomic E-state index is -3.64. The maximum atomic E-state index is 17.7. The number of aliphatic hydroxyl groups excluding tert-OH is 1. The van der Waals surface area contributed by atoms with E-state index in [0.717, 1.165) is 12.2 Å². The van der Waals surface area contributed by atoms with Crippen molar-refractivity contribution in [3.8, 4) is 0 Å². The van der Waals surface area contributed by atoms with Gasteiger partial charge in [-0.1, -0.05) is 26.8 Å². The molecule has 0 bridgehead atoms. The lowest BCUT2D eigenvalue weighted by molar-refractivity contribution is -0.249. The highest BCUT2D eigenvalue weighted by Gasteiger charge is 2.82. The van der Waals surface area contributed by atoms with Gasteiger partial charge in [-0.05, 0) is 73.2 Å². The molecule has 0 aliphatic heterocycles. The summed E-state index contributed by atoms with van der Waals surface area (Å²) in [6.45, 7) is 5.85. The van der Waals surface area contributed by atoms with E-state index < -0.39 is 123 Å². The number of ether oxygens (including phenoxy) is 1. The predicted molar refractivity (Wildman–Crippen MR) is 133 cm³/mol. The Balaban J connectivity index is 1.70. The Morgan fingerprint density at radius 2 is 2.05 bits per heavy atom. The SMILES string of the molecule is [2H]c1oc(C(=O)O[C@]2(C(=O)SC([2H])([2H])F)[C@H](C)C[C@@]3(C)[C@@H]4C[C@H](F)C5=CC(=O)C=C[C@]5(C)[C@@]4(F)[C@@H](O)C[C@@]32C)c([2H])c1[2H]. The number of aliphatic hydroxyl groups is 1. The molecule has 0 radical (unpaired) electrons. The van der Waals surface area contributed by atoms with Gasteiger partial charge in [0.1, 0.15) is 13.5 Å². The smallest absolute Gasteiger partial charge is 0.375 e. The van der Waals surface area contributed by atoms with E-state index in [-0.39, 0.29) is 12.0 Å². The summed E-state index contributed by atoms with van der Waals surface area (Å²) in [5, 5.41) is 10.4. The van der Waals surface area contributed by atoms with Crippen LogP contribution < -0.4 is 0 Å². The summed E-state index contributed by atoms with van der Waals surface area (Å²) in [5.74, 6) is -8.94. The summed E-state index contributed by atoms with van der Waals surface area (Å²) >= 11 is -0.401. The van der Waals surface area contributed by atoms with E-state index in [2.05, 4.69) is 0 Å². The zero-order chi connectivity index (χ0) is 32.3. The third-order valence-electron chi connectivity index (χ3n) is 10.2. The molecule has 206 valence electrons. The second kappa shape index (κ2) is 8.58. The Hall–Kier alpha value is -2.33. The zero-order valence-electron chi connectivity index (χ0n) is 26.2. The van der Waals surface area contributed by atoms with Crippen molar-refractivity contribution in [3.05, 3.63) is 47.9 Å². The molecule has 4 aliphatic rings. The Morgan fingerprint density at radius 1 is 1.34 bits per heavy atom. The maximum absolute atomic E-state index is 17.7. The lowest BCUT2D eigenvalue weighted by Crippen LogP contribution is -2.73. The van der Waals surface area contributed by atoms with Gasteiger partial charge in [0, 0.05) is 22.7 Å². The molecule has 1 heterocycles. The van der Waals surface area contributed by atoms with E-state index in [4.69, 9.17) is 16.0 Å². The molecule has 3 saturated carbocycles. The van der Waals surface area contributed by atoms with Crippen LogP contribution in [0.15, 0.2) is 46.5 Å². The molecule has 0 spiro atoms. The van der Waals surface area contributed by atoms with Crippen LogP contribution in [-0.4, -0.2) is 51.5 Å². The molecule has 9 atom stereocenters. The second-order valence-corrected chi connectivity index (χ2v) is 12.2. The number of fused-ring (bicyclic) bond motifs is 5. The van der Waals surface area contributed by atoms with E-state index in [1.807, 2.05) is 0 Å². The monoisotopic (exact) mass is 557 g/mol. The molecular weight excluding hydrogens is 521 g/mol. The molecule has 1 N–H and O–H groups in total. The number of carbonyl (C=O) groups excluding carboxylic acids is 3. The molecule has 5 rings (SSSR count). The van der Waals surface area contributed by atoms with Crippen molar-refractivity contribution in [1.82, 2.24) is 0 Å². The minimum absolute atomic E-state index is 0.106. The van der Waals surface area contributed by atoms with Gasteiger partial charge < -0.3 is 14.3 Å². The number of rotatable bonds is 4. The lowest BCUT2D eigenvalue weighted by atomic mass is 9.40. The van der Waals surface area contributed by atoms with Crippen molar-refractivity contribution in [2.24, 2.45) is 28.1 Å². The number of ketones is 1. The molecule has 0 unspecified atom stereocenters. The first-order valence-electron chi connectivity index (χ1n) is 14.8. The molecule has 1 aromatic rings. The van der Waals surface area contributed by atoms with E-state index in [9.17, 15) is 23.9 Å². The highest BCUT2D eigenvalue weighted by Crippen LogP contribution is 2.77. The molecule has 0 saturated heterocycles. The third kappa shape index (κ3) is 3.10. The molecule has 38 heavy (non-hydrogen) atoms. The summed E-state index contributed by atoms with van der Waals surface area (Å²) in [7, 11) is 0. The quantitative estimate of drug-likeness (QED) is 0.501. The largest absolute Gasteiger partial charge is 0.457 e. The van der Waals surface area contributed by atoms with Crippen molar-refractivity contribution < 1.29 is 48.7 Å². The first-order chi connectivity index (χ1) is 19.6. The summed E-state index contributed by atoms with van der Waals surface area (Å²) < 4.78 is 97.0. The van der Waals surface area contributed by atoms with Crippen LogP contribution in [0.2, 0.25) is 0 Å². The number of thioether (sulfide) groups is 1. The zero-order valence-corrected chi connectivity index (χ0v) is 22.0. The fourth-order valence-corrected chi connectivity index (χ4v) is 9.00. The van der Waals surface area contributed by atoms with Gasteiger partial charge in [0.15, 0.2) is 17.1 Å². The molecule has 6 nitrogen and oxygen atoms in total. The van der Waals surface area contributed by atoms with Gasteiger partial charge in [-0.25, -0.2) is 18.0 Å². The predicted octanol–water partition coefficient (Wildman–Crippen LogP) is 5.32. The Bertz CT molecular complexity index is 1500. The normalized spacial score (nSPS) is 47.8. The van der Waals surface area contributed by atoms with Crippen LogP contribution in [-0.2, 0) is 14.3 Å². The lowest BCUT2D eigenvalue weighted by Gasteiger charge is -2.66.